The highest BCUT2D eigenvalue weighted by Gasteiger charge is 2.22. The number of rotatable bonds is 4. The van der Waals surface area contributed by atoms with Crippen LogP contribution in [0.15, 0.2) is 30.3 Å². The first-order valence-electron chi connectivity index (χ1n) is 7.48. The Kier molecular flexibility index (Phi) is 6.04. The van der Waals surface area contributed by atoms with Gasteiger partial charge in [-0.2, -0.15) is 0 Å². The molecule has 0 aliphatic carbocycles. The van der Waals surface area contributed by atoms with Crippen LogP contribution in [-0.2, 0) is 6.42 Å². The molecule has 0 aliphatic rings. The minimum absolute atomic E-state index is 0.170. The molecular weight excluding hydrogens is 258 g/mol. The quantitative estimate of drug-likeness (QED) is 0.649. The summed E-state index contributed by atoms with van der Waals surface area (Å²) in [7, 11) is -1.30. The summed E-state index contributed by atoms with van der Waals surface area (Å²) in [5.41, 5.74) is 5.05. The van der Waals surface area contributed by atoms with E-state index in [-0.39, 0.29) is 11.5 Å². The molecule has 0 bridgehead atoms. The second-order valence-corrected chi connectivity index (χ2v) is 12.3. The molecule has 1 rings (SSSR count). The van der Waals surface area contributed by atoms with Crippen molar-refractivity contribution in [2.45, 2.75) is 52.9 Å². The van der Waals surface area contributed by atoms with Gasteiger partial charge in [0.15, 0.2) is 0 Å². The van der Waals surface area contributed by atoms with E-state index in [1.807, 2.05) is 0 Å². The van der Waals surface area contributed by atoms with E-state index in [1.54, 1.807) is 0 Å². The average molecular weight is 288 g/mol. The fourth-order valence-electron chi connectivity index (χ4n) is 1.87. The molecule has 110 valence electrons. The van der Waals surface area contributed by atoms with Gasteiger partial charge in [0, 0.05) is 6.54 Å². The SMILES string of the molecule is CC(C)(C)C(C#C[Si](C)(C)C)NCCc1ccccc1. The summed E-state index contributed by atoms with van der Waals surface area (Å²) >= 11 is 0. The van der Waals surface area contributed by atoms with E-state index in [0.29, 0.717) is 0 Å². The van der Waals surface area contributed by atoms with Crippen LogP contribution in [0.5, 0.6) is 0 Å². The molecule has 1 aromatic rings. The highest BCUT2D eigenvalue weighted by atomic mass is 28.3. The van der Waals surface area contributed by atoms with Gasteiger partial charge in [-0.1, -0.05) is 76.7 Å². The zero-order valence-electron chi connectivity index (χ0n) is 13.9. The monoisotopic (exact) mass is 287 g/mol. The Morgan fingerprint density at radius 1 is 1.10 bits per heavy atom. The van der Waals surface area contributed by atoms with Crippen LogP contribution in [0.3, 0.4) is 0 Å². The molecule has 0 aliphatic heterocycles. The Morgan fingerprint density at radius 2 is 1.70 bits per heavy atom. The molecule has 0 spiro atoms. The molecule has 1 N–H and O–H groups in total. The van der Waals surface area contributed by atoms with E-state index in [2.05, 4.69) is 87.5 Å². The summed E-state index contributed by atoms with van der Waals surface area (Å²) < 4.78 is 0. The van der Waals surface area contributed by atoms with E-state index in [1.165, 1.54) is 5.56 Å². The lowest BCUT2D eigenvalue weighted by molar-refractivity contribution is 0.324. The molecule has 0 amide bonds. The smallest absolute Gasteiger partial charge is 0.129 e. The molecular formula is C18H29NSi. The lowest BCUT2D eigenvalue weighted by atomic mass is 9.87. The van der Waals surface area contributed by atoms with E-state index >= 15 is 0 Å². The summed E-state index contributed by atoms with van der Waals surface area (Å²) in [4.78, 5) is 0. The van der Waals surface area contributed by atoms with Crippen molar-refractivity contribution < 1.29 is 0 Å². The fourth-order valence-corrected chi connectivity index (χ4v) is 2.45. The third-order valence-electron chi connectivity index (χ3n) is 3.06. The summed E-state index contributed by atoms with van der Waals surface area (Å²) in [5, 5.41) is 3.63. The summed E-state index contributed by atoms with van der Waals surface area (Å²) in [6.07, 6.45) is 1.06. The summed E-state index contributed by atoms with van der Waals surface area (Å²) in [6, 6.07) is 10.9. The number of hydrogen-bond acceptors (Lipinski definition) is 1. The fraction of sp³-hybridized carbons (Fsp3) is 0.556. The Balaban J connectivity index is 2.60. The second kappa shape index (κ2) is 7.11. The van der Waals surface area contributed by atoms with Crippen LogP contribution in [0.4, 0.5) is 0 Å². The van der Waals surface area contributed by atoms with E-state index in [4.69, 9.17) is 0 Å². The molecule has 0 heterocycles. The minimum atomic E-state index is -1.30. The standard InChI is InChI=1S/C18H29NSi/c1-18(2,3)17(13-15-20(4,5)6)19-14-12-16-10-8-7-9-11-16/h7-11,17,19H,12,14H2,1-6H3. The molecule has 1 nitrogen and oxygen atoms in total. The zero-order chi connectivity index (χ0) is 15.2. The van der Waals surface area contributed by atoms with Crippen molar-refractivity contribution in [3.63, 3.8) is 0 Å². The lowest BCUT2D eigenvalue weighted by Gasteiger charge is -2.28. The van der Waals surface area contributed by atoms with Crippen molar-refractivity contribution in [1.29, 1.82) is 0 Å². The van der Waals surface area contributed by atoms with Crippen molar-refractivity contribution in [2.24, 2.45) is 5.41 Å². The van der Waals surface area contributed by atoms with E-state index in [0.717, 1.165) is 13.0 Å². The second-order valence-electron chi connectivity index (χ2n) is 7.51. The predicted octanol–water partition coefficient (Wildman–Crippen LogP) is 4.11. The third kappa shape index (κ3) is 6.93. The predicted molar refractivity (Wildman–Crippen MR) is 92.5 cm³/mol. The molecule has 1 unspecified atom stereocenters. The van der Waals surface area contributed by atoms with Crippen molar-refractivity contribution in [3.05, 3.63) is 35.9 Å². The summed E-state index contributed by atoms with van der Waals surface area (Å²) in [6.45, 7) is 14.6. The van der Waals surface area contributed by atoms with Gasteiger partial charge in [0.1, 0.15) is 8.07 Å². The van der Waals surface area contributed by atoms with Crippen molar-refractivity contribution in [2.75, 3.05) is 6.54 Å². The molecule has 0 aromatic heterocycles. The van der Waals surface area contributed by atoms with Gasteiger partial charge in [0.25, 0.3) is 0 Å². The maximum Gasteiger partial charge on any atom is 0.129 e. The van der Waals surface area contributed by atoms with Crippen LogP contribution in [0.1, 0.15) is 26.3 Å². The van der Waals surface area contributed by atoms with Crippen molar-refractivity contribution >= 4 is 8.07 Å². The number of nitrogens with one attached hydrogen (secondary N) is 1. The van der Waals surface area contributed by atoms with E-state index in [9.17, 15) is 0 Å². The zero-order valence-corrected chi connectivity index (χ0v) is 14.9. The topological polar surface area (TPSA) is 12.0 Å². The van der Waals surface area contributed by atoms with Crippen molar-refractivity contribution in [3.8, 4) is 11.5 Å². The highest BCUT2D eigenvalue weighted by Crippen LogP contribution is 2.19. The largest absolute Gasteiger partial charge is 0.303 e. The van der Waals surface area contributed by atoms with Gasteiger partial charge >= 0.3 is 0 Å². The Hall–Kier alpha value is -1.04. The first-order valence-corrected chi connectivity index (χ1v) is 11.0. The minimum Gasteiger partial charge on any atom is -0.303 e. The number of benzene rings is 1. The van der Waals surface area contributed by atoms with Gasteiger partial charge in [0.05, 0.1) is 6.04 Å². The maximum atomic E-state index is 3.63. The van der Waals surface area contributed by atoms with Crippen molar-refractivity contribution in [1.82, 2.24) is 5.32 Å². The third-order valence-corrected chi connectivity index (χ3v) is 3.96. The first-order chi connectivity index (χ1) is 9.18. The molecule has 20 heavy (non-hydrogen) atoms. The van der Waals surface area contributed by atoms with Crippen LogP contribution in [-0.4, -0.2) is 20.7 Å². The molecule has 2 heteroatoms. The Labute approximate surface area is 126 Å². The molecule has 0 saturated carbocycles. The van der Waals surface area contributed by atoms with Crippen LogP contribution < -0.4 is 5.32 Å². The summed E-state index contributed by atoms with van der Waals surface area (Å²) in [5.74, 6) is 3.49. The Bertz CT molecular complexity index is 454. The van der Waals surface area contributed by atoms with Crippen LogP contribution in [0.2, 0.25) is 19.6 Å². The van der Waals surface area contributed by atoms with Gasteiger partial charge in [-0.25, -0.2) is 0 Å². The highest BCUT2D eigenvalue weighted by molar-refractivity contribution is 6.83. The normalized spacial score (nSPS) is 13.5. The van der Waals surface area contributed by atoms with Gasteiger partial charge in [-0.3, -0.25) is 0 Å². The number of hydrogen-bond donors (Lipinski definition) is 1. The van der Waals surface area contributed by atoms with Gasteiger partial charge in [-0.05, 0) is 17.4 Å². The molecule has 1 atom stereocenters. The van der Waals surface area contributed by atoms with Gasteiger partial charge < -0.3 is 5.32 Å². The van der Waals surface area contributed by atoms with E-state index < -0.39 is 8.07 Å². The average Bonchev–Trinajstić information content (AvgIpc) is 2.32. The van der Waals surface area contributed by atoms with Crippen LogP contribution in [0, 0.1) is 16.9 Å². The molecule has 1 aromatic carbocycles. The van der Waals surface area contributed by atoms with Crippen LogP contribution >= 0.6 is 0 Å². The molecule has 0 radical (unpaired) electrons. The van der Waals surface area contributed by atoms with Gasteiger partial charge in [0.2, 0.25) is 0 Å². The molecule has 0 fully saturated rings. The molecule has 0 saturated heterocycles. The lowest BCUT2D eigenvalue weighted by Crippen LogP contribution is -2.40. The first kappa shape index (κ1) is 17.0. The maximum absolute atomic E-state index is 3.63. The Morgan fingerprint density at radius 3 is 2.20 bits per heavy atom. The van der Waals surface area contributed by atoms with Crippen LogP contribution in [0.25, 0.3) is 0 Å². The van der Waals surface area contributed by atoms with Gasteiger partial charge in [-0.15, -0.1) is 5.54 Å².